The molecule has 1 unspecified atom stereocenters. The summed E-state index contributed by atoms with van der Waals surface area (Å²) in [7, 11) is 0. The lowest BCUT2D eigenvalue weighted by atomic mass is 10.1. The monoisotopic (exact) mass is 438 g/mol. The zero-order chi connectivity index (χ0) is 21.4. The van der Waals surface area contributed by atoms with Crippen molar-refractivity contribution in [2.45, 2.75) is 20.0 Å². The third kappa shape index (κ3) is 4.11. The van der Waals surface area contributed by atoms with Gasteiger partial charge in [0.1, 0.15) is 28.2 Å². The summed E-state index contributed by atoms with van der Waals surface area (Å²) in [6, 6.07) is 9.97. The van der Waals surface area contributed by atoms with Crippen molar-refractivity contribution >= 4 is 33.1 Å². The Balaban J connectivity index is 1.28. The molecule has 8 heteroatoms. The molecular weight excluding hydrogens is 412 g/mol. The second-order valence-electron chi connectivity index (χ2n) is 7.99. The minimum Gasteiger partial charge on any atom is -0.492 e. The summed E-state index contributed by atoms with van der Waals surface area (Å²) in [5.74, 6) is 0.765. The Labute approximate surface area is 185 Å². The number of amides is 1. The molecule has 31 heavy (non-hydrogen) atoms. The van der Waals surface area contributed by atoms with Gasteiger partial charge in [-0.15, -0.1) is 11.3 Å². The highest BCUT2D eigenvalue weighted by Crippen LogP contribution is 2.41. The lowest BCUT2D eigenvalue weighted by Gasteiger charge is -2.27. The number of ether oxygens (including phenoxy) is 2. The Morgan fingerprint density at radius 3 is 2.74 bits per heavy atom. The molecule has 0 spiro atoms. The standard InChI is InChI=1S/C23H26N4O3S/c1-14-13-15(2)24-23-18(14)19-20(31-23)22(28)26-21(25-19)16-3-5-17(6-4-16)30-12-9-27-7-10-29-11-8-27/h3-6,13,21,25H,7-12H2,1-2H3,(H,26,28). The highest BCUT2D eigenvalue weighted by atomic mass is 32.1. The quantitative estimate of drug-likeness (QED) is 0.635. The van der Waals surface area contributed by atoms with Gasteiger partial charge >= 0.3 is 0 Å². The molecule has 0 saturated carbocycles. The SMILES string of the molecule is Cc1cc(C)c2c3c(sc2n1)C(=O)NC(c1ccc(OCCN2CCOCC2)cc1)N3. The van der Waals surface area contributed by atoms with Gasteiger partial charge in [0.25, 0.3) is 5.91 Å². The summed E-state index contributed by atoms with van der Waals surface area (Å²) < 4.78 is 11.3. The number of carbonyl (C=O) groups is 1. The minimum absolute atomic E-state index is 0.0651. The van der Waals surface area contributed by atoms with Crippen LogP contribution >= 0.6 is 11.3 Å². The predicted molar refractivity (Wildman–Crippen MR) is 122 cm³/mol. The van der Waals surface area contributed by atoms with Gasteiger partial charge in [0, 0.05) is 30.7 Å². The van der Waals surface area contributed by atoms with Crippen LogP contribution in [0.5, 0.6) is 5.75 Å². The van der Waals surface area contributed by atoms with Gasteiger partial charge in [-0.1, -0.05) is 12.1 Å². The molecule has 0 aliphatic carbocycles. The summed E-state index contributed by atoms with van der Waals surface area (Å²) >= 11 is 1.44. The van der Waals surface area contributed by atoms with Crippen LogP contribution in [0.4, 0.5) is 5.69 Å². The van der Waals surface area contributed by atoms with E-state index in [2.05, 4.69) is 33.5 Å². The maximum Gasteiger partial charge on any atom is 0.265 e. The van der Waals surface area contributed by atoms with Crippen LogP contribution in [0, 0.1) is 13.8 Å². The van der Waals surface area contributed by atoms with E-state index in [0.717, 1.165) is 71.3 Å². The number of anilines is 1. The Morgan fingerprint density at radius 2 is 1.97 bits per heavy atom. The van der Waals surface area contributed by atoms with E-state index in [1.165, 1.54) is 11.3 Å². The van der Waals surface area contributed by atoms with Crippen molar-refractivity contribution in [2.24, 2.45) is 0 Å². The molecule has 0 bridgehead atoms. The molecule has 2 aromatic heterocycles. The Bertz CT molecular complexity index is 1110. The van der Waals surface area contributed by atoms with E-state index in [0.29, 0.717) is 11.5 Å². The number of nitrogens with zero attached hydrogens (tertiary/aromatic N) is 2. The topological polar surface area (TPSA) is 75.7 Å². The van der Waals surface area contributed by atoms with E-state index >= 15 is 0 Å². The summed E-state index contributed by atoms with van der Waals surface area (Å²) in [5, 5.41) is 7.61. The van der Waals surface area contributed by atoms with Crippen LogP contribution in [0.3, 0.4) is 0 Å². The van der Waals surface area contributed by atoms with Crippen LogP contribution in [-0.2, 0) is 4.74 Å². The van der Waals surface area contributed by atoms with Crippen LogP contribution in [0.2, 0.25) is 0 Å². The van der Waals surface area contributed by atoms with Crippen molar-refractivity contribution in [1.82, 2.24) is 15.2 Å². The summed E-state index contributed by atoms with van der Waals surface area (Å²) in [6.07, 6.45) is -0.291. The molecule has 2 aliphatic heterocycles. The van der Waals surface area contributed by atoms with Gasteiger partial charge in [-0.3, -0.25) is 9.69 Å². The fraction of sp³-hybridized carbons (Fsp3) is 0.391. The largest absolute Gasteiger partial charge is 0.492 e. The molecule has 3 aromatic rings. The van der Waals surface area contributed by atoms with E-state index in [-0.39, 0.29) is 12.1 Å². The number of thiophene rings is 1. The third-order valence-corrected chi connectivity index (χ3v) is 6.83. The predicted octanol–water partition coefficient (Wildman–Crippen LogP) is 3.48. The van der Waals surface area contributed by atoms with Crippen molar-refractivity contribution in [3.63, 3.8) is 0 Å². The van der Waals surface area contributed by atoms with Crippen LogP contribution in [-0.4, -0.2) is 55.2 Å². The first kappa shape index (κ1) is 20.2. The maximum absolute atomic E-state index is 12.8. The van der Waals surface area contributed by atoms with Gasteiger partial charge in [0.2, 0.25) is 0 Å². The number of aromatic nitrogens is 1. The number of fused-ring (bicyclic) bond motifs is 3. The van der Waals surface area contributed by atoms with Crippen LogP contribution in [0.25, 0.3) is 10.2 Å². The summed E-state index contributed by atoms with van der Waals surface area (Å²) in [5.41, 5.74) is 3.95. The Hall–Kier alpha value is -2.68. The van der Waals surface area contributed by atoms with Crippen molar-refractivity contribution in [3.8, 4) is 5.75 Å². The van der Waals surface area contributed by atoms with Crippen LogP contribution in [0.1, 0.15) is 32.7 Å². The fourth-order valence-corrected chi connectivity index (χ4v) is 5.32. The van der Waals surface area contributed by atoms with Gasteiger partial charge in [0.15, 0.2) is 0 Å². The molecule has 4 heterocycles. The second kappa shape index (κ2) is 8.45. The normalized spacial score (nSPS) is 19.0. The number of hydrogen-bond donors (Lipinski definition) is 2. The zero-order valence-electron chi connectivity index (χ0n) is 17.7. The molecule has 1 aromatic carbocycles. The van der Waals surface area contributed by atoms with Crippen molar-refractivity contribution in [3.05, 3.63) is 52.0 Å². The number of nitrogens with one attached hydrogen (secondary N) is 2. The second-order valence-corrected chi connectivity index (χ2v) is 8.99. The number of hydrogen-bond acceptors (Lipinski definition) is 7. The molecule has 1 saturated heterocycles. The Kier molecular flexibility index (Phi) is 5.52. The summed E-state index contributed by atoms with van der Waals surface area (Å²) in [4.78, 5) is 21.3. The number of benzene rings is 1. The molecule has 162 valence electrons. The number of carbonyl (C=O) groups excluding carboxylic acids is 1. The molecule has 2 N–H and O–H groups in total. The van der Waals surface area contributed by atoms with Crippen molar-refractivity contribution in [2.75, 3.05) is 44.8 Å². The first-order valence-electron chi connectivity index (χ1n) is 10.6. The molecule has 0 radical (unpaired) electrons. The average molecular weight is 439 g/mol. The summed E-state index contributed by atoms with van der Waals surface area (Å²) in [6.45, 7) is 9.10. The lowest BCUT2D eigenvalue weighted by molar-refractivity contribution is 0.0322. The molecule has 7 nitrogen and oxygen atoms in total. The fourth-order valence-electron chi connectivity index (χ4n) is 4.16. The number of rotatable bonds is 5. The van der Waals surface area contributed by atoms with Gasteiger partial charge in [0.05, 0.1) is 18.9 Å². The van der Waals surface area contributed by atoms with Crippen molar-refractivity contribution in [1.29, 1.82) is 0 Å². The van der Waals surface area contributed by atoms with Gasteiger partial charge in [-0.2, -0.15) is 0 Å². The number of pyridine rings is 1. The number of morpholine rings is 1. The molecule has 1 amide bonds. The van der Waals surface area contributed by atoms with E-state index < -0.39 is 0 Å². The number of aryl methyl sites for hydroxylation is 2. The average Bonchev–Trinajstić information content (AvgIpc) is 3.14. The first-order chi connectivity index (χ1) is 15.1. The van der Waals surface area contributed by atoms with Gasteiger partial charge in [-0.25, -0.2) is 4.98 Å². The van der Waals surface area contributed by atoms with Crippen molar-refractivity contribution < 1.29 is 14.3 Å². The van der Waals surface area contributed by atoms with Gasteiger partial charge < -0.3 is 20.1 Å². The third-order valence-electron chi connectivity index (χ3n) is 5.75. The van der Waals surface area contributed by atoms with Crippen LogP contribution in [0.15, 0.2) is 30.3 Å². The Morgan fingerprint density at radius 1 is 1.19 bits per heavy atom. The molecule has 2 aliphatic rings. The minimum atomic E-state index is -0.291. The van der Waals surface area contributed by atoms with E-state index in [1.807, 2.05) is 31.2 Å². The van der Waals surface area contributed by atoms with E-state index in [9.17, 15) is 4.79 Å². The smallest absolute Gasteiger partial charge is 0.265 e. The van der Waals surface area contributed by atoms with E-state index in [1.54, 1.807) is 0 Å². The molecule has 1 fully saturated rings. The highest BCUT2D eigenvalue weighted by Gasteiger charge is 2.29. The van der Waals surface area contributed by atoms with E-state index in [4.69, 9.17) is 9.47 Å². The zero-order valence-corrected chi connectivity index (χ0v) is 18.6. The van der Waals surface area contributed by atoms with Gasteiger partial charge in [-0.05, 0) is 43.2 Å². The highest BCUT2D eigenvalue weighted by molar-refractivity contribution is 7.21. The first-order valence-corrected chi connectivity index (χ1v) is 11.4. The van der Waals surface area contributed by atoms with Crippen LogP contribution < -0.4 is 15.4 Å². The molecular formula is C23H26N4O3S. The maximum atomic E-state index is 12.8. The molecule has 1 atom stereocenters. The molecule has 5 rings (SSSR count). The lowest BCUT2D eigenvalue weighted by Crippen LogP contribution is -2.38.